The highest BCUT2D eigenvalue weighted by atomic mass is 35.5. The molecular formula is C21H24ClF2NO2. The van der Waals surface area contributed by atoms with Crippen LogP contribution in [-0.2, 0) is 11.3 Å². The summed E-state index contributed by atoms with van der Waals surface area (Å²) in [6.45, 7) is 1.50. The summed E-state index contributed by atoms with van der Waals surface area (Å²) in [5.41, 5.74) is 1.58. The number of halogens is 3. The minimum atomic E-state index is -2.52. The molecule has 1 saturated heterocycles. The Bertz CT molecular complexity index is 834. The van der Waals surface area contributed by atoms with Crippen LogP contribution in [0.4, 0.5) is 8.78 Å². The minimum absolute atomic E-state index is 0.0405. The van der Waals surface area contributed by atoms with Crippen molar-refractivity contribution in [2.45, 2.75) is 63.5 Å². The van der Waals surface area contributed by atoms with Crippen molar-refractivity contribution in [1.29, 1.82) is 0 Å². The lowest BCUT2D eigenvalue weighted by molar-refractivity contribution is -0.0586. The fraction of sp³-hybridized carbons (Fsp3) is 0.571. The molecule has 3 nitrogen and oxygen atoms in total. The number of carbonyl (C=O) groups excluding carboxylic acids is 1. The highest BCUT2D eigenvalue weighted by Gasteiger charge is 2.35. The van der Waals surface area contributed by atoms with Crippen molar-refractivity contribution >= 4 is 28.3 Å². The van der Waals surface area contributed by atoms with E-state index in [0.717, 1.165) is 23.9 Å². The van der Waals surface area contributed by atoms with Gasteiger partial charge in [0.25, 0.3) is 0 Å². The number of hydrogen-bond donors (Lipinski definition) is 0. The topological polar surface area (TPSA) is 31.2 Å². The van der Waals surface area contributed by atoms with Crippen molar-refractivity contribution in [3.05, 3.63) is 35.0 Å². The van der Waals surface area contributed by atoms with Crippen molar-refractivity contribution in [3.8, 4) is 0 Å². The average molecular weight is 396 g/mol. The molecule has 1 aromatic carbocycles. The van der Waals surface area contributed by atoms with Crippen LogP contribution in [-0.4, -0.2) is 29.0 Å². The molecule has 0 bridgehead atoms. The molecule has 1 atom stereocenters. The number of rotatable bonds is 6. The first-order valence-corrected chi connectivity index (χ1v) is 10.1. The molecule has 1 aliphatic heterocycles. The molecule has 4 rings (SSSR count). The van der Waals surface area contributed by atoms with E-state index in [9.17, 15) is 13.6 Å². The zero-order chi connectivity index (χ0) is 19.0. The van der Waals surface area contributed by atoms with Gasteiger partial charge in [-0.05, 0) is 43.7 Å². The highest BCUT2D eigenvalue weighted by molar-refractivity contribution is 6.37. The number of ketones is 1. The SMILES string of the molecule is O=C(CCC1CCC(F)(F)CC1)c1cn(CC2CCO2)c2cccc(Cl)c12. The van der Waals surface area contributed by atoms with E-state index in [1.54, 1.807) is 6.07 Å². The minimum Gasteiger partial charge on any atom is -0.376 e. The van der Waals surface area contributed by atoms with Crippen LogP contribution in [0.3, 0.4) is 0 Å². The number of nitrogens with zero attached hydrogens (tertiary/aromatic N) is 1. The smallest absolute Gasteiger partial charge is 0.248 e. The predicted octanol–water partition coefficient (Wildman–Crippen LogP) is 5.87. The van der Waals surface area contributed by atoms with Gasteiger partial charge in [0.05, 0.1) is 16.6 Å². The number of hydrogen-bond acceptors (Lipinski definition) is 2. The number of Topliss-reactive ketones (excluding diaryl/α,β-unsaturated/α-hetero) is 1. The third-order valence-corrected chi connectivity index (χ3v) is 6.28. The molecule has 0 N–H and O–H groups in total. The molecule has 2 aliphatic rings. The molecule has 0 radical (unpaired) electrons. The fourth-order valence-corrected chi connectivity index (χ4v) is 4.45. The summed E-state index contributed by atoms with van der Waals surface area (Å²) >= 11 is 6.40. The van der Waals surface area contributed by atoms with Gasteiger partial charge in [0.1, 0.15) is 0 Å². The first-order chi connectivity index (χ1) is 12.9. The predicted molar refractivity (Wildman–Crippen MR) is 102 cm³/mol. The Labute approximate surface area is 162 Å². The second-order valence-corrected chi connectivity index (χ2v) is 8.28. The molecular weight excluding hydrogens is 372 g/mol. The molecule has 0 amide bonds. The Morgan fingerprint density at radius 1 is 1.26 bits per heavy atom. The Balaban J connectivity index is 1.49. The van der Waals surface area contributed by atoms with Crippen LogP contribution in [0.25, 0.3) is 10.9 Å². The van der Waals surface area contributed by atoms with Gasteiger partial charge in [-0.3, -0.25) is 4.79 Å². The van der Waals surface area contributed by atoms with Gasteiger partial charge in [-0.2, -0.15) is 0 Å². The van der Waals surface area contributed by atoms with Gasteiger partial charge < -0.3 is 9.30 Å². The molecule has 1 aromatic heterocycles. The number of benzene rings is 1. The summed E-state index contributed by atoms with van der Waals surface area (Å²) in [6.07, 6.45) is 5.02. The van der Waals surface area contributed by atoms with Crippen LogP contribution in [0.1, 0.15) is 55.3 Å². The summed E-state index contributed by atoms with van der Waals surface area (Å²) in [4.78, 5) is 12.9. The normalized spacial score (nSPS) is 22.7. The lowest BCUT2D eigenvalue weighted by Gasteiger charge is -2.28. The van der Waals surface area contributed by atoms with Gasteiger partial charge in [-0.1, -0.05) is 17.7 Å². The van der Waals surface area contributed by atoms with Crippen LogP contribution < -0.4 is 0 Å². The Morgan fingerprint density at radius 3 is 2.67 bits per heavy atom. The molecule has 146 valence electrons. The first-order valence-electron chi connectivity index (χ1n) is 9.73. The maximum atomic E-state index is 13.3. The molecule has 2 fully saturated rings. The van der Waals surface area contributed by atoms with Gasteiger partial charge in [0.2, 0.25) is 5.92 Å². The van der Waals surface area contributed by atoms with E-state index in [4.69, 9.17) is 16.3 Å². The van der Waals surface area contributed by atoms with Crippen LogP contribution in [0.15, 0.2) is 24.4 Å². The van der Waals surface area contributed by atoms with E-state index >= 15 is 0 Å². The molecule has 1 unspecified atom stereocenters. The molecule has 27 heavy (non-hydrogen) atoms. The standard InChI is InChI=1S/C21H24ClF2NO2/c22-17-2-1-3-18-20(17)16(13-25(18)12-15-8-11-27-15)19(26)5-4-14-6-9-21(23,24)10-7-14/h1-3,13-15H,4-12H2. The number of ether oxygens (including phenoxy) is 1. The van der Waals surface area contributed by atoms with E-state index < -0.39 is 5.92 Å². The van der Waals surface area contributed by atoms with Crippen molar-refractivity contribution in [3.63, 3.8) is 0 Å². The second kappa shape index (κ2) is 7.51. The molecule has 1 aliphatic carbocycles. The number of alkyl halides is 2. The van der Waals surface area contributed by atoms with E-state index in [1.807, 2.05) is 18.3 Å². The van der Waals surface area contributed by atoms with E-state index in [0.29, 0.717) is 42.8 Å². The van der Waals surface area contributed by atoms with Gasteiger partial charge in [-0.15, -0.1) is 0 Å². The van der Waals surface area contributed by atoms with E-state index in [-0.39, 0.29) is 30.6 Å². The Hall–Kier alpha value is -1.46. The number of aromatic nitrogens is 1. The fourth-order valence-electron chi connectivity index (χ4n) is 4.18. The summed E-state index contributed by atoms with van der Waals surface area (Å²) < 4.78 is 34.2. The van der Waals surface area contributed by atoms with Crippen molar-refractivity contribution in [2.75, 3.05) is 6.61 Å². The van der Waals surface area contributed by atoms with Crippen molar-refractivity contribution in [1.82, 2.24) is 4.57 Å². The Kier molecular flexibility index (Phi) is 5.26. The number of fused-ring (bicyclic) bond motifs is 1. The molecule has 6 heteroatoms. The summed E-state index contributed by atoms with van der Waals surface area (Å²) in [6, 6.07) is 5.66. The third-order valence-electron chi connectivity index (χ3n) is 5.97. The zero-order valence-corrected chi connectivity index (χ0v) is 16.0. The second-order valence-electron chi connectivity index (χ2n) is 7.87. The monoisotopic (exact) mass is 395 g/mol. The summed E-state index contributed by atoms with van der Waals surface area (Å²) in [7, 11) is 0. The number of carbonyl (C=O) groups is 1. The maximum absolute atomic E-state index is 13.3. The first kappa shape index (κ1) is 18.9. The summed E-state index contributed by atoms with van der Waals surface area (Å²) in [5, 5.41) is 1.36. The third kappa shape index (κ3) is 4.04. The van der Waals surface area contributed by atoms with Gasteiger partial charge in [0, 0.05) is 49.6 Å². The quantitative estimate of drug-likeness (QED) is 0.572. The van der Waals surface area contributed by atoms with Crippen molar-refractivity contribution in [2.24, 2.45) is 5.92 Å². The van der Waals surface area contributed by atoms with Crippen molar-refractivity contribution < 1.29 is 18.3 Å². The molecule has 1 saturated carbocycles. The maximum Gasteiger partial charge on any atom is 0.248 e. The molecule has 2 heterocycles. The van der Waals surface area contributed by atoms with Crippen LogP contribution >= 0.6 is 11.6 Å². The van der Waals surface area contributed by atoms with E-state index in [1.165, 1.54) is 0 Å². The van der Waals surface area contributed by atoms with E-state index in [2.05, 4.69) is 4.57 Å². The van der Waals surface area contributed by atoms with Crippen LogP contribution in [0, 0.1) is 5.92 Å². The lowest BCUT2D eigenvalue weighted by atomic mass is 9.83. The van der Waals surface area contributed by atoms with Gasteiger partial charge >= 0.3 is 0 Å². The largest absolute Gasteiger partial charge is 0.376 e. The average Bonchev–Trinajstić information content (AvgIpc) is 2.97. The van der Waals surface area contributed by atoms with Gasteiger partial charge in [-0.25, -0.2) is 8.78 Å². The van der Waals surface area contributed by atoms with Crippen LogP contribution in [0.2, 0.25) is 5.02 Å². The van der Waals surface area contributed by atoms with Gasteiger partial charge in [0.15, 0.2) is 5.78 Å². The summed E-state index contributed by atoms with van der Waals surface area (Å²) in [5.74, 6) is -2.27. The highest BCUT2D eigenvalue weighted by Crippen LogP contribution is 2.38. The lowest BCUT2D eigenvalue weighted by Crippen LogP contribution is -2.30. The Morgan fingerprint density at radius 2 is 2.00 bits per heavy atom. The molecule has 0 spiro atoms. The van der Waals surface area contributed by atoms with Crippen LogP contribution in [0.5, 0.6) is 0 Å². The zero-order valence-electron chi connectivity index (χ0n) is 15.2. The molecule has 2 aromatic rings.